The number of para-hydroxylation sites is 1. The van der Waals surface area contributed by atoms with Crippen LogP contribution >= 0.6 is 0 Å². The summed E-state index contributed by atoms with van der Waals surface area (Å²) < 4.78 is 5.50. The molecule has 0 N–H and O–H groups in total. The molecule has 3 nitrogen and oxygen atoms in total. The normalized spacial score (nSPS) is 11.4. The topological polar surface area (TPSA) is 49.4 Å². The molecule has 0 aliphatic rings. The van der Waals surface area contributed by atoms with Gasteiger partial charge in [0.15, 0.2) is 0 Å². The van der Waals surface area contributed by atoms with Crippen LogP contribution in [-0.4, -0.2) is 12.6 Å². The van der Waals surface area contributed by atoms with E-state index in [2.05, 4.69) is 0 Å². The zero-order valence-corrected chi connectivity index (χ0v) is 13.2. The number of ether oxygens (including phenoxy) is 1. The number of carbonyl (C=O) groups excluding carboxylic acids is 1. The SMILES string of the molecule is CCCC(CCCOc1ccccc1)C(=O)[O-].[Na+]. The van der Waals surface area contributed by atoms with Crippen molar-refractivity contribution < 1.29 is 44.2 Å². The van der Waals surface area contributed by atoms with Crippen molar-refractivity contribution in [1.29, 1.82) is 0 Å². The minimum Gasteiger partial charge on any atom is -0.550 e. The third-order valence-corrected chi connectivity index (χ3v) is 2.68. The Balaban J connectivity index is 0.00000289. The molecule has 1 unspecified atom stereocenters. The number of carboxylic acid groups (broad SMARTS) is 1. The molecule has 0 heterocycles. The van der Waals surface area contributed by atoms with Crippen molar-refractivity contribution in [2.24, 2.45) is 5.92 Å². The Labute approximate surface area is 131 Å². The van der Waals surface area contributed by atoms with Crippen LogP contribution in [-0.2, 0) is 4.79 Å². The summed E-state index contributed by atoms with van der Waals surface area (Å²) in [6.45, 7) is 2.54. The van der Waals surface area contributed by atoms with Gasteiger partial charge in [-0.25, -0.2) is 0 Å². The predicted octanol–water partition coefficient (Wildman–Crippen LogP) is -0.984. The van der Waals surface area contributed by atoms with Crippen molar-refractivity contribution in [1.82, 2.24) is 0 Å². The van der Waals surface area contributed by atoms with Gasteiger partial charge in [0.25, 0.3) is 0 Å². The number of hydrogen-bond donors (Lipinski definition) is 0. The molecule has 1 atom stereocenters. The van der Waals surface area contributed by atoms with Crippen molar-refractivity contribution in [3.8, 4) is 5.75 Å². The molecule has 0 aliphatic carbocycles. The summed E-state index contributed by atoms with van der Waals surface area (Å²) in [4.78, 5) is 10.8. The summed E-state index contributed by atoms with van der Waals surface area (Å²) in [5, 5.41) is 10.8. The van der Waals surface area contributed by atoms with E-state index >= 15 is 0 Å². The Bertz CT molecular complexity index is 327. The summed E-state index contributed by atoms with van der Waals surface area (Å²) in [6.07, 6.45) is 2.93. The quantitative estimate of drug-likeness (QED) is 0.445. The van der Waals surface area contributed by atoms with Gasteiger partial charge >= 0.3 is 29.6 Å². The van der Waals surface area contributed by atoms with Gasteiger partial charge in [-0.1, -0.05) is 31.5 Å². The molecule has 0 amide bonds. The summed E-state index contributed by atoms with van der Waals surface area (Å²) >= 11 is 0. The van der Waals surface area contributed by atoms with Crippen molar-refractivity contribution in [3.05, 3.63) is 30.3 Å². The first-order chi connectivity index (χ1) is 8.24. The largest absolute Gasteiger partial charge is 1.00 e. The summed E-state index contributed by atoms with van der Waals surface area (Å²) in [7, 11) is 0. The Morgan fingerprint density at radius 1 is 1.28 bits per heavy atom. The van der Waals surface area contributed by atoms with Gasteiger partial charge in [0.05, 0.1) is 6.61 Å². The van der Waals surface area contributed by atoms with E-state index < -0.39 is 5.97 Å². The Hall–Kier alpha value is -0.510. The third kappa shape index (κ3) is 7.04. The summed E-state index contributed by atoms with van der Waals surface area (Å²) in [5.74, 6) is -0.445. The molecular weight excluding hydrogens is 239 g/mol. The first-order valence-electron chi connectivity index (χ1n) is 6.12. The fourth-order valence-electron chi connectivity index (χ4n) is 1.76. The van der Waals surface area contributed by atoms with E-state index in [9.17, 15) is 9.90 Å². The number of aliphatic carboxylic acids is 1. The number of hydrogen-bond acceptors (Lipinski definition) is 3. The zero-order chi connectivity index (χ0) is 12.5. The van der Waals surface area contributed by atoms with Crippen molar-refractivity contribution >= 4 is 5.97 Å². The Kier molecular flexibility index (Phi) is 10.1. The average molecular weight is 258 g/mol. The van der Waals surface area contributed by atoms with Gasteiger partial charge in [-0.05, 0) is 37.3 Å². The van der Waals surface area contributed by atoms with Crippen LogP contribution in [0.3, 0.4) is 0 Å². The number of rotatable bonds is 8. The average Bonchev–Trinajstić information content (AvgIpc) is 2.34. The maximum absolute atomic E-state index is 10.8. The first-order valence-corrected chi connectivity index (χ1v) is 6.12. The molecule has 0 saturated heterocycles. The minimum absolute atomic E-state index is 0. The fraction of sp³-hybridized carbons (Fsp3) is 0.500. The molecule has 18 heavy (non-hydrogen) atoms. The van der Waals surface area contributed by atoms with E-state index in [-0.39, 0.29) is 35.5 Å². The van der Waals surface area contributed by atoms with E-state index in [1.807, 2.05) is 37.3 Å². The Morgan fingerprint density at radius 3 is 2.50 bits per heavy atom. The smallest absolute Gasteiger partial charge is 0.550 e. The molecule has 0 saturated carbocycles. The number of carboxylic acids is 1. The number of carbonyl (C=O) groups is 1. The van der Waals surface area contributed by atoms with Crippen molar-refractivity contribution in [3.63, 3.8) is 0 Å². The van der Waals surface area contributed by atoms with Crippen LogP contribution in [0.15, 0.2) is 30.3 Å². The van der Waals surface area contributed by atoms with Gasteiger partial charge < -0.3 is 14.6 Å². The molecule has 0 bridgehead atoms. The van der Waals surface area contributed by atoms with Gasteiger partial charge in [-0.3, -0.25) is 0 Å². The van der Waals surface area contributed by atoms with Gasteiger partial charge in [-0.15, -0.1) is 0 Å². The molecule has 1 aromatic rings. The zero-order valence-electron chi connectivity index (χ0n) is 11.2. The Morgan fingerprint density at radius 2 is 1.94 bits per heavy atom. The predicted molar refractivity (Wildman–Crippen MR) is 64.6 cm³/mol. The van der Waals surface area contributed by atoms with Gasteiger partial charge in [0.2, 0.25) is 0 Å². The molecule has 0 aromatic heterocycles. The second-order valence-electron chi connectivity index (χ2n) is 4.11. The van der Waals surface area contributed by atoms with Crippen LogP contribution in [0.5, 0.6) is 5.75 Å². The molecule has 94 valence electrons. The maximum Gasteiger partial charge on any atom is 1.00 e. The molecular formula is C14H19NaO3. The fourth-order valence-corrected chi connectivity index (χ4v) is 1.76. The molecule has 1 aromatic carbocycles. The molecule has 0 aliphatic heterocycles. The van der Waals surface area contributed by atoms with E-state index in [1.54, 1.807) is 0 Å². The van der Waals surface area contributed by atoms with E-state index in [1.165, 1.54) is 0 Å². The van der Waals surface area contributed by atoms with Crippen LogP contribution in [0.4, 0.5) is 0 Å². The molecule has 1 rings (SSSR count). The second-order valence-corrected chi connectivity index (χ2v) is 4.11. The van der Waals surface area contributed by atoms with Gasteiger partial charge in [0.1, 0.15) is 5.75 Å². The van der Waals surface area contributed by atoms with Crippen molar-refractivity contribution in [2.45, 2.75) is 32.6 Å². The van der Waals surface area contributed by atoms with Gasteiger partial charge in [-0.2, -0.15) is 0 Å². The van der Waals surface area contributed by atoms with Crippen LogP contribution in [0.25, 0.3) is 0 Å². The standard InChI is InChI=1S/C14H20O3.Na/c1-2-7-12(14(15)16)8-6-11-17-13-9-4-3-5-10-13;/h3-5,9-10,12H,2,6-8,11H2,1H3,(H,15,16);/q;+1/p-1. The van der Waals surface area contributed by atoms with Gasteiger partial charge in [0, 0.05) is 5.97 Å². The number of benzene rings is 1. The molecule has 0 fully saturated rings. The maximum atomic E-state index is 10.8. The third-order valence-electron chi connectivity index (χ3n) is 2.68. The molecule has 0 radical (unpaired) electrons. The molecule has 4 heteroatoms. The van der Waals surface area contributed by atoms with E-state index in [4.69, 9.17) is 4.74 Å². The van der Waals surface area contributed by atoms with Crippen LogP contribution < -0.4 is 39.4 Å². The van der Waals surface area contributed by atoms with Crippen LogP contribution in [0.2, 0.25) is 0 Å². The molecule has 0 spiro atoms. The van der Waals surface area contributed by atoms with Crippen molar-refractivity contribution in [2.75, 3.05) is 6.61 Å². The minimum atomic E-state index is -0.938. The monoisotopic (exact) mass is 258 g/mol. The summed E-state index contributed by atoms with van der Waals surface area (Å²) in [5.41, 5.74) is 0. The van der Waals surface area contributed by atoms with E-state index in [0.29, 0.717) is 19.4 Å². The second kappa shape index (κ2) is 10.4. The van der Waals surface area contributed by atoms with Crippen LogP contribution in [0, 0.1) is 5.92 Å². The van der Waals surface area contributed by atoms with Crippen LogP contribution in [0.1, 0.15) is 32.6 Å². The first kappa shape index (κ1) is 17.5. The summed E-state index contributed by atoms with van der Waals surface area (Å²) in [6, 6.07) is 9.54. The van der Waals surface area contributed by atoms with E-state index in [0.717, 1.165) is 18.6 Å².